The van der Waals surface area contributed by atoms with E-state index in [0.29, 0.717) is 25.2 Å². The van der Waals surface area contributed by atoms with Gasteiger partial charge in [0.2, 0.25) is 0 Å². The number of thiazole rings is 1. The molecule has 5 rings (SSSR count). The molecule has 1 fully saturated rings. The first-order valence-corrected chi connectivity index (χ1v) is 12.0. The minimum Gasteiger partial charge on any atom is -0.377 e. The van der Waals surface area contributed by atoms with Gasteiger partial charge in [-0.2, -0.15) is 0 Å². The number of benzene rings is 2. The Labute approximate surface area is 196 Å². The number of carbonyl (C=O) groups excluding carboxylic acids is 1. The lowest BCUT2D eigenvalue weighted by Crippen LogP contribution is -2.46. The molecule has 0 N–H and O–H groups in total. The highest BCUT2D eigenvalue weighted by molar-refractivity contribution is 7.17. The molecule has 172 valence electrons. The first-order valence-electron chi connectivity index (χ1n) is 11.2. The van der Waals surface area contributed by atoms with Gasteiger partial charge < -0.3 is 9.64 Å². The van der Waals surface area contributed by atoms with E-state index in [4.69, 9.17) is 9.72 Å². The molecule has 4 nitrogen and oxygen atoms in total. The number of hydrogen-bond acceptors (Lipinski definition) is 5. The second-order valence-electron chi connectivity index (χ2n) is 9.67. The molecule has 0 radical (unpaired) electrons. The fourth-order valence-electron chi connectivity index (χ4n) is 4.73. The maximum atomic E-state index is 13.7. The van der Waals surface area contributed by atoms with Crippen LogP contribution in [0.25, 0.3) is 11.1 Å². The molecule has 0 unspecified atom stereocenters. The Hall–Kier alpha value is -2.64. The molecule has 1 aliphatic heterocycles. The zero-order chi connectivity index (χ0) is 23.2. The average Bonchev–Trinajstić information content (AvgIpc) is 3.19. The third-order valence-electron chi connectivity index (χ3n) is 6.35. The zero-order valence-electron chi connectivity index (χ0n) is 18.7. The molecule has 2 heterocycles. The number of Topliss-reactive ketones (excluding diaryl/α,β-unsaturated/α-hetero) is 1. The molecule has 1 saturated heterocycles. The summed E-state index contributed by atoms with van der Waals surface area (Å²) in [7, 11) is 0. The molecule has 3 aromatic rings. The second-order valence-corrected chi connectivity index (χ2v) is 10.6. The Bertz CT molecular complexity index is 1210. The fraction of sp³-hybridized carbons (Fsp3) is 0.385. The molecule has 7 heteroatoms. The van der Waals surface area contributed by atoms with Gasteiger partial charge in [-0.15, -0.1) is 0 Å². The standard InChI is InChI=1S/C26H26F2N2O2S/c1-26(2)13-22-24(23(31)14-26)33-25(29-22)30-8-9-32-15-19(30)11-16-4-3-5-17(10-16)18-6-7-20(27)21(28)12-18/h3-7,10,12,19H,8-9,11,13-15H2,1-2H3/t19-/m0/s1. The van der Waals surface area contributed by atoms with Crippen LogP contribution in [0.5, 0.6) is 0 Å². The zero-order valence-corrected chi connectivity index (χ0v) is 19.6. The predicted octanol–water partition coefficient (Wildman–Crippen LogP) is 5.69. The van der Waals surface area contributed by atoms with Gasteiger partial charge >= 0.3 is 0 Å². The van der Waals surface area contributed by atoms with E-state index in [1.54, 1.807) is 6.07 Å². The van der Waals surface area contributed by atoms with E-state index in [-0.39, 0.29) is 17.2 Å². The van der Waals surface area contributed by atoms with Gasteiger partial charge in [0.05, 0.1) is 29.8 Å². The van der Waals surface area contributed by atoms with Crippen LogP contribution in [0.1, 0.15) is 41.2 Å². The molecule has 0 spiro atoms. The lowest BCUT2D eigenvalue weighted by molar-refractivity contribution is 0.0915. The quantitative estimate of drug-likeness (QED) is 0.493. The van der Waals surface area contributed by atoms with Gasteiger partial charge in [0.25, 0.3) is 0 Å². The number of morpholine rings is 1. The molecule has 33 heavy (non-hydrogen) atoms. The van der Waals surface area contributed by atoms with E-state index in [2.05, 4.69) is 18.7 Å². The first-order chi connectivity index (χ1) is 15.8. The number of nitrogens with zero attached hydrogens (tertiary/aromatic N) is 2. The van der Waals surface area contributed by atoms with Gasteiger partial charge in [0.1, 0.15) is 0 Å². The minimum atomic E-state index is -0.852. The fourth-order valence-corrected chi connectivity index (χ4v) is 5.85. The summed E-state index contributed by atoms with van der Waals surface area (Å²) in [4.78, 5) is 20.6. The molecule has 0 saturated carbocycles. The van der Waals surface area contributed by atoms with Crippen LogP contribution in [0.3, 0.4) is 0 Å². The first kappa shape index (κ1) is 22.2. The molecular formula is C26H26F2N2O2S. The summed E-state index contributed by atoms with van der Waals surface area (Å²) >= 11 is 1.50. The maximum Gasteiger partial charge on any atom is 0.186 e. The van der Waals surface area contributed by atoms with Gasteiger partial charge in [-0.3, -0.25) is 4.79 Å². The summed E-state index contributed by atoms with van der Waals surface area (Å²) in [6.07, 6.45) is 2.10. The third kappa shape index (κ3) is 4.57. The van der Waals surface area contributed by atoms with Crippen molar-refractivity contribution in [3.05, 3.63) is 70.2 Å². The summed E-state index contributed by atoms with van der Waals surface area (Å²) in [6.45, 7) is 6.14. The molecule has 1 aliphatic carbocycles. The minimum absolute atomic E-state index is 0.0555. The number of halogens is 2. The Kier molecular flexibility index (Phi) is 5.79. The summed E-state index contributed by atoms with van der Waals surface area (Å²) in [5.41, 5.74) is 3.42. The predicted molar refractivity (Wildman–Crippen MR) is 126 cm³/mol. The Morgan fingerprint density at radius 3 is 2.76 bits per heavy atom. The Morgan fingerprint density at radius 2 is 1.94 bits per heavy atom. The van der Waals surface area contributed by atoms with Gasteiger partial charge in [0.15, 0.2) is 22.5 Å². The largest absolute Gasteiger partial charge is 0.377 e. The van der Waals surface area contributed by atoms with Crippen molar-refractivity contribution in [3.8, 4) is 11.1 Å². The van der Waals surface area contributed by atoms with Crippen LogP contribution in [-0.2, 0) is 17.6 Å². The lowest BCUT2D eigenvalue weighted by Gasteiger charge is -2.35. The summed E-state index contributed by atoms with van der Waals surface area (Å²) in [5.74, 6) is -1.51. The topological polar surface area (TPSA) is 42.4 Å². The average molecular weight is 469 g/mol. The van der Waals surface area contributed by atoms with Crippen LogP contribution < -0.4 is 4.90 Å². The van der Waals surface area contributed by atoms with Crippen molar-refractivity contribution in [2.24, 2.45) is 5.41 Å². The summed E-state index contributed by atoms with van der Waals surface area (Å²) in [6, 6.07) is 11.9. The number of anilines is 1. The van der Waals surface area contributed by atoms with Crippen LogP contribution >= 0.6 is 11.3 Å². The van der Waals surface area contributed by atoms with Crippen LogP contribution in [0.15, 0.2) is 42.5 Å². The number of rotatable bonds is 4. The van der Waals surface area contributed by atoms with Crippen LogP contribution in [0.4, 0.5) is 13.9 Å². The molecule has 0 amide bonds. The number of ether oxygens (including phenoxy) is 1. The van der Waals surface area contributed by atoms with E-state index in [1.165, 1.54) is 17.4 Å². The highest BCUT2D eigenvalue weighted by Gasteiger charge is 2.36. The van der Waals surface area contributed by atoms with Crippen molar-refractivity contribution in [2.45, 2.75) is 39.2 Å². The number of fused-ring (bicyclic) bond motifs is 1. The van der Waals surface area contributed by atoms with E-state index in [9.17, 15) is 13.6 Å². The summed E-state index contributed by atoms with van der Waals surface area (Å²) < 4.78 is 32.8. The van der Waals surface area contributed by atoms with Crippen LogP contribution in [-0.4, -0.2) is 36.6 Å². The van der Waals surface area contributed by atoms with Crippen molar-refractivity contribution in [3.63, 3.8) is 0 Å². The van der Waals surface area contributed by atoms with E-state index >= 15 is 0 Å². The van der Waals surface area contributed by atoms with Crippen molar-refractivity contribution >= 4 is 22.3 Å². The SMILES string of the molecule is CC1(C)CC(=O)c2sc(N3CCOC[C@@H]3Cc3cccc(-c4ccc(F)c(F)c4)c3)nc2C1. The second kappa shape index (κ2) is 8.61. The van der Waals surface area contributed by atoms with Gasteiger partial charge in [-0.05, 0) is 47.1 Å². The van der Waals surface area contributed by atoms with Gasteiger partial charge in [-0.1, -0.05) is 55.5 Å². The monoisotopic (exact) mass is 468 g/mol. The van der Waals surface area contributed by atoms with Gasteiger partial charge in [-0.25, -0.2) is 13.8 Å². The van der Waals surface area contributed by atoms with Crippen molar-refractivity contribution in [1.82, 2.24) is 4.98 Å². The lowest BCUT2D eigenvalue weighted by atomic mass is 9.78. The van der Waals surface area contributed by atoms with Crippen LogP contribution in [0, 0.1) is 17.0 Å². The molecule has 1 atom stereocenters. The molecule has 2 aliphatic rings. The van der Waals surface area contributed by atoms with E-state index < -0.39 is 11.6 Å². The smallest absolute Gasteiger partial charge is 0.186 e. The third-order valence-corrected chi connectivity index (χ3v) is 7.52. The Balaban J connectivity index is 1.40. The number of hydrogen-bond donors (Lipinski definition) is 0. The van der Waals surface area contributed by atoms with Crippen molar-refractivity contribution in [2.75, 3.05) is 24.7 Å². The molecule has 2 aromatic carbocycles. The highest BCUT2D eigenvalue weighted by Crippen LogP contribution is 2.40. The highest BCUT2D eigenvalue weighted by atomic mass is 32.1. The molecule has 0 bridgehead atoms. The Morgan fingerprint density at radius 1 is 1.12 bits per heavy atom. The van der Waals surface area contributed by atoms with E-state index in [0.717, 1.165) is 52.3 Å². The molecule has 1 aromatic heterocycles. The van der Waals surface area contributed by atoms with Crippen molar-refractivity contribution < 1.29 is 18.3 Å². The van der Waals surface area contributed by atoms with Gasteiger partial charge in [0, 0.05) is 13.0 Å². The summed E-state index contributed by atoms with van der Waals surface area (Å²) in [5, 5.41) is 0.885. The van der Waals surface area contributed by atoms with E-state index in [1.807, 2.05) is 24.3 Å². The number of aromatic nitrogens is 1. The van der Waals surface area contributed by atoms with Crippen LogP contribution in [0.2, 0.25) is 0 Å². The number of carbonyl (C=O) groups is 1. The number of ketones is 1. The molecular weight excluding hydrogens is 442 g/mol. The maximum absolute atomic E-state index is 13.7. The normalized spacial score (nSPS) is 20.1. The van der Waals surface area contributed by atoms with Crippen molar-refractivity contribution in [1.29, 1.82) is 0 Å².